The summed E-state index contributed by atoms with van der Waals surface area (Å²) in [6.45, 7) is 1.14. The van der Waals surface area contributed by atoms with Crippen LogP contribution < -0.4 is 5.11 Å². The van der Waals surface area contributed by atoms with E-state index >= 15 is 0 Å². The second-order valence-electron chi connectivity index (χ2n) is 1.83. The van der Waals surface area contributed by atoms with Gasteiger partial charge >= 0.3 is 0 Å². The first-order chi connectivity index (χ1) is 4.84. The third-order valence-corrected chi connectivity index (χ3v) is 2.14. The molecule has 0 amide bonds. The molecule has 7 heteroatoms. The minimum atomic E-state index is -3.44. The van der Waals surface area contributed by atoms with Crippen LogP contribution in [0.4, 0.5) is 4.79 Å². The monoisotopic (exact) mass is 183 g/mol. The summed E-state index contributed by atoms with van der Waals surface area (Å²) in [5.74, 6) is 0. The number of rotatable bonds is 3. The molecule has 0 aliphatic carbocycles. The van der Waals surface area contributed by atoms with Gasteiger partial charge in [-0.05, 0) is 6.92 Å². The van der Waals surface area contributed by atoms with E-state index in [0.717, 1.165) is 13.2 Å². The molecule has 11 heavy (non-hydrogen) atoms. The Labute approximate surface area is 63.6 Å². The van der Waals surface area contributed by atoms with Crippen molar-refractivity contribution in [3.63, 3.8) is 0 Å². The van der Waals surface area contributed by atoms with Gasteiger partial charge in [-0.3, -0.25) is 0 Å². The molecule has 6 nitrogen and oxygen atoms in total. The SMILES string of the molecule is CC(OOC(=O)[O-])S(C)(=O)=O. The fourth-order valence-corrected chi connectivity index (χ4v) is 0.360. The van der Waals surface area contributed by atoms with Gasteiger partial charge < -0.3 is 14.8 Å². The molecule has 66 valence electrons. The van der Waals surface area contributed by atoms with Gasteiger partial charge in [0.25, 0.3) is 6.16 Å². The first-order valence-corrected chi connectivity index (χ1v) is 4.52. The van der Waals surface area contributed by atoms with Crippen molar-refractivity contribution >= 4 is 16.0 Å². The van der Waals surface area contributed by atoms with E-state index in [1.165, 1.54) is 0 Å². The van der Waals surface area contributed by atoms with Gasteiger partial charge in [-0.2, -0.15) is 0 Å². The van der Waals surface area contributed by atoms with Crippen molar-refractivity contribution in [2.45, 2.75) is 12.4 Å². The molecule has 0 N–H and O–H groups in total. The molecule has 0 heterocycles. The number of hydrogen-bond acceptors (Lipinski definition) is 6. The number of carbonyl (C=O) groups excluding carboxylic acids is 1. The van der Waals surface area contributed by atoms with E-state index in [1.807, 2.05) is 0 Å². The molecule has 0 aromatic rings. The van der Waals surface area contributed by atoms with Gasteiger partial charge in [0.2, 0.25) is 0 Å². The lowest BCUT2D eigenvalue weighted by Gasteiger charge is -2.12. The van der Waals surface area contributed by atoms with Crippen molar-refractivity contribution in [3.05, 3.63) is 0 Å². The van der Waals surface area contributed by atoms with Crippen LogP contribution in [0.1, 0.15) is 6.92 Å². The molecule has 0 fully saturated rings. The zero-order chi connectivity index (χ0) is 9.07. The van der Waals surface area contributed by atoms with Crippen LogP contribution in [0.3, 0.4) is 0 Å². The van der Waals surface area contributed by atoms with Crippen molar-refractivity contribution in [2.24, 2.45) is 0 Å². The van der Waals surface area contributed by atoms with Crippen molar-refractivity contribution in [1.29, 1.82) is 0 Å². The molecule has 0 saturated heterocycles. The van der Waals surface area contributed by atoms with Gasteiger partial charge in [0.1, 0.15) is 0 Å². The number of carbonyl (C=O) groups is 1. The Morgan fingerprint density at radius 3 is 2.27 bits per heavy atom. The fraction of sp³-hybridized carbons (Fsp3) is 0.750. The summed E-state index contributed by atoms with van der Waals surface area (Å²) in [7, 11) is -3.44. The average Bonchev–Trinajstić information content (AvgIpc) is 1.80. The summed E-state index contributed by atoms with van der Waals surface area (Å²) in [5.41, 5.74) is -1.32. The van der Waals surface area contributed by atoms with E-state index in [0.29, 0.717) is 0 Å². The van der Waals surface area contributed by atoms with Crippen LogP contribution in [-0.4, -0.2) is 26.3 Å². The summed E-state index contributed by atoms with van der Waals surface area (Å²) >= 11 is 0. The lowest BCUT2D eigenvalue weighted by atomic mass is 10.9. The zero-order valence-electron chi connectivity index (χ0n) is 5.94. The molecular formula is C4H7O6S-. The van der Waals surface area contributed by atoms with Crippen molar-refractivity contribution in [2.75, 3.05) is 6.26 Å². The summed E-state index contributed by atoms with van der Waals surface area (Å²) in [5, 5.41) is 9.58. The quantitative estimate of drug-likeness (QED) is 0.397. The fourth-order valence-electron chi connectivity index (χ4n) is 0.178. The summed E-state index contributed by atoms with van der Waals surface area (Å²) in [6.07, 6.45) is -1.04. The van der Waals surface area contributed by atoms with E-state index < -0.39 is 21.4 Å². The predicted molar refractivity (Wildman–Crippen MR) is 31.9 cm³/mol. The molecule has 0 aliphatic rings. The van der Waals surface area contributed by atoms with E-state index in [-0.39, 0.29) is 0 Å². The van der Waals surface area contributed by atoms with Crippen LogP contribution in [0.15, 0.2) is 0 Å². The molecule has 0 rings (SSSR count). The molecule has 0 aromatic heterocycles. The highest BCUT2D eigenvalue weighted by Crippen LogP contribution is 1.99. The lowest BCUT2D eigenvalue weighted by Crippen LogP contribution is -2.28. The molecule has 0 saturated carbocycles. The third-order valence-electron chi connectivity index (χ3n) is 0.855. The standard InChI is InChI=1S/C4H8O6S/c1-3(11(2,7)8)9-10-4(5)6/h3H,1-2H3,(H,5,6)/p-1. The Hall–Kier alpha value is -0.820. The Morgan fingerprint density at radius 2 is 2.00 bits per heavy atom. The number of hydrogen-bond donors (Lipinski definition) is 0. The number of carboxylic acid groups (broad SMARTS) is 1. The highest BCUT2D eigenvalue weighted by Gasteiger charge is 2.14. The van der Waals surface area contributed by atoms with Crippen LogP contribution in [0.5, 0.6) is 0 Å². The predicted octanol–water partition coefficient (Wildman–Crippen LogP) is -1.33. The van der Waals surface area contributed by atoms with E-state index in [1.54, 1.807) is 0 Å². The topological polar surface area (TPSA) is 92.7 Å². The Balaban J connectivity index is 3.90. The maximum atomic E-state index is 10.5. The largest absolute Gasteiger partial charge is 0.424 e. The molecule has 0 bridgehead atoms. The van der Waals surface area contributed by atoms with Gasteiger partial charge in [-0.25, -0.2) is 13.3 Å². The Kier molecular flexibility index (Phi) is 3.27. The van der Waals surface area contributed by atoms with Crippen LogP contribution in [0, 0.1) is 0 Å². The van der Waals surface area contributed by atoms with Crippen LogP contribution in [-0.2, 0) is 19.6 Å². The van der Waals surface area contributed by atoms with Crippen molar-refractivity contribution < 1.29 is 28.1 Å². The summed E-state index contributed by atoms with van der Waals surface area (Å²) < 4.78 is 21.1. The molecule has 0 aliphatic heterocycles. The second-order valence-corrected chi connectivity index (χ2v) is 4.15. The highest BCUT2D eigenvalue weighted by atomic mass is 32.2. The van der Waals surface area contributed by atoms with Gasteiger partial charge in [0.05, 0.1) is 0 Å². The first kappa shape index (κ1) is 10.2. The molecule has 0 spiro atoms. The van der Waals surface area contributed by atoms with Gasteiger partial charge in [-0.15, -0.1) is 0 Å². The zero-order valence-corrected chi connectivity index (χ0v) is 6.75. The van der Waals surface area contributed by atoms with Gasteiger partial charge in [0, 0.05) is 6.26 Å². The lowest BCUT2D eigenvalue weighted by molar-refractivity contribution is -0.363. The van der Waals surface area contributed by atoms with Gasteiger partial charge in [0.15, 0.2) is 15.3 Å². The van der Waals surface area contributed by atoms with Crippen LogP contribution >= 0.6 is 0 Å². The number of sulfone groups is 1. The Morgan fingerprint density at radius 1 is 1.55 bits per heavy atom. The maximum absolute atomic E-state index is 10.5. The molecule has 0 radical (unpaired) electrons. The molecule has 0 aromatic carbocycles. The van der Waals surface area contributed by atoms with Crippen LogP contribution in [0.25, 0.3) is 0 Å². The average molecular weight is 183 g/mol. The normalized spacial score (nSPS) is 14.0. The van der Waals surface area contributed by atoms with E-state index in [4.69, 9.17) is 0 Å². The van der Waals surface area contributed by atoms with Crippen molar-refractivity contribution in [3.8, 4) is 0 Å². The second kappa shape index (κ2) is 3.54. The van der Waals surface area contributed by atoms with Gasteiger partial charge in [-0.1, -0.05) is 0 Å². The maximum Gasteiger partial charge on any atom is 0.278 e. The minimum Gasteiger partial charge on any atom is -0.424 e. The first-order valence-electron chi connectivity index (χ1n) is 2.57. The molecule has 1 unspecified atom stereocenters. The van der Waals surface area contributed by atoms with E-state index in [2.05, 4.69) is 9.78 Å². The highest BCUT2D eigenvalue weighted by molar-refractivity contribution is 7.91. The Bertz CT molecular complexity index is 229. The molecule has 1 atom stereocenters. The molecular weight excluding hydrogens is 176 g/mol. The summed E-state index contributed by atoms with van der Waals surface area (Å²) in [6, 6.07) is 0. The van der Waals surface area contributed by atoms with Crippen LogP contribution in [0.2, 0.25) is 0 Å². The smallest absolute Gasteiger partial charge is 0.278 e. The summed E-state index contributed by atoms with van der Waals surface area (Å²) in [4.78, 5) is 17.0. The van der Waals surface area contributed by atoms with E-state index in [9.17, 15) is 18.3 Å². The minimum absolute atomic E-state index is 0.885. The third kappa shape index (κ3) is 4.57. The van der Waals surface area contributed by atoms with Crippen molar-refractivity contribution in [1.82, 2.24) is 0 Å².